The van der Waals surface area contributed by atoms with Gasteiger partial charge in [0.1, 0.15) is 11.2 Å². The molecule has 2 aromatic heterocycles. The minimum absolute atomic E-state index is 0.544. The van der Waals surface area contributed by atoms with Crippen LogP contribution >= 0.6 is 0 Å². The smallest absolute Gasteiger partial charge is 0.151 e. The Bertz CT molecular complexity index is 1240. The zero-order chi connectivity index (χ0) is 20.6. The van der Waals surface area contributed by atoms with Crippen LogP contribution < -0.4 is 4.90 Å². The first-order valence-electron chi connectivity index (χ1n) is 10.1. The van der Waals surface area contributed by atoms with Crippen molar-refractivity contribution in [2.24, 2.45) is 0 Å². The molecule has 146 valence electrons. The third-order valence-electron chi connectivity index (χ3n) is 5.67. The van der Waals surface area contributed by atoms with Gasteiger partial charge < -0.3 is 4.90 Å². The Balaban J connectivity index is 1.72. The van der Waals surface area contributed by atoms with E-state index in [0.717, 1.165) is 46.4 Å². The van der Waals surface area contributed by atoms with Crippen LogP contribution in [0.25, 0.3) is 22.0 Å². The molecule has 0 bridgehead atoms. The summed E-state index contributed by atoms with van der Waals surface area (Å²) < 4.78 is 0. The molecule has 0 N–H and O–H groups in total. The van der Waals surface area contributed by atoms with E-state index in [0.29, 0.717) is 12.4 Å². The Morgan fingerprint density at radius 1 is 0.967 bits per heavy atom. The van der Waals surface area contributed by atoms with Crippen LogP contribution in [0.4, 0.5) is 5.82 Å². The molecule has 5 heteroatoms. The molecule has 0 saturated heterocycles. The number of anilines is 1. The molecule has 0 radical (unpaired) electrons. The molecule has 5 rings (SSSR count). The van der Waals surface area contributed by atoms with Crippen molar-refractivity contribution in [2.75, 3.05) is 11.9 Å². The molecule has 1 aliphatic rings. The summed E-state index contributed by atoms with van der Waals surface area (Å²) in [4.78, 5) is 16.4. The largest absolute Gasteiger partial charge is 0.353 e. The lowest BCUT2D eigenvalue weighted by atomic mass is 9.99. The number of rotatable bonds is 5. The Labute approximate surface area is 175 Å². The van der Waals surface area contributed by atoms with Crippen LogP contribution in [0.3, 0.4) is 0 Å². The fourth-order valence-corrected chi connectivity index (χ4v) is 3.83. The van der Waals surface area contributed by atoms with Crippen LogP contribution in [-0.4, -0.2) is 22.0 Å². The van der Waals surface area contributed by atoms with Gasteiger partial charge in [-0.05, 0) is 42.2 Å². The normalized spacial score (nSPS) is 14.3. The maximum Gasteiger partial charge on any atom is 0.151 e. The van der Waals surface area contributed by atoms with E-state index in [1.165, 1.54) is 0 Å². The first-order chi connectivity index (χ1) is 14.7. The van der Waals surface area contributed by atoms with E-state index in [1.807, 2.05) is 55.6 Å². The van der Waals surface area contributed by atoms with E-state index < -0.39 is 5.41 Å². The predicted octanol–water partition coefficient (Wildman–Crippen LogP) is 4.88. The van der Waals surface area contributed by atoms with E-state index in [-0.39, 0.29) is 0 Å². The highest BCUT2D eigenvalue weighted by molar-refractivity contribution is 6.02. The van der Waals surface area contributed by atoms with Gasteiger partial charge in [0, 0.05) is 13.2 Å². The summed E-state index contributed by atoms with van der Waals surface area (Å²) in [5.74, 6) is 1.47. The summed E-state index contributed by atoms with van der Waals surface area (Å²) in [5, 5.41) is 10.7. The van der Waals surface area contributed by atoms with Gasteiger partial charge >= 0.3 is 0 Å². The zero-order valence-corrected chi connectivity index (χ0v) is 16.8. The SMILES string of the molecule is CN(Cc1ccccn1)c1nc(C2(C#N)CC2)nc2cccc(-c3ccccc3)c12. The van der Waals surface area contributed by atoms with Crippen LogP contribution in [0, 0.1) is 11.3 Å². The maximum atomic E-state index is 9.73. The van der Waals surface area contributed by atoms with Gasteiger partial charge in [0.25, 0.3) is 0 Å². The van der Waals surface area contributed by atoms with Gasteiger partial charge in [0.05, 0.1) is 29.2 Å². The summed E-state index contributed by atoms with van der Waals surface area (Å²) in [6.07, 6.45) is 3.44. The van der Waals surface area contributed by atoms with Crippen molar-refractivity contribution in [1.29, 1.82) is 5.26 Å². The molecule has 0 spiro atoms. The lowest BCUT2D eigenvalue weighted by molar-refractivity contribution is 0.788. The first-order valence-corrected chi connectivity index (χ1v) is 10.1. The minimum Gasteiger partial charge on any atom is -0.353 e. The number of pyridine rings is 1. The van der Waals surface area contributed by atoms with Crippen LogP contribution in [0.1, 0.15) is 24.4 Å². The molecule has 2 aromatic carbocycles. The molecule has 5 nitrogen and oxygen atoms in total. The molecule has 2 heterocycles. The van der Waals surface area contributed by atoms with Crippen molar-refractivity contribution in [3.8, 4) is 17.2 Å². The van der Waals surface area contributed by atoms with E-state index in [4.69, 9.17) is 9.97 Å². The van der Waals surface area contributed by atoms with E-state index >= 15 is 0 Å². The number of fused-ring (bicyclic) bond motifs is 1. The number of nitrogens with zero attached hydrogens (tertiary/aromatic N) is 5. The third-order valence-corrected chi connectivity index (χ3v) is 5.67. The average molecular weight is 391 g/mol. The van der Waals surface area contributed by atoms with E-state index in [2.05, 4.69) is 34.2 Å². The lowest BCUT2D eigenvalue weighted by Gasteiger charge is -2.22. The molecule has 4 aromatic rings. The Morgan fingerprint density at radius 3 is 2.47 bits per heavy atom. The van der Waals surface area contributed by atoms with Crippen molar-refractivity contribution in [3.05, 3.63) is 84.4 Å². The molecule has 1 aliphatic carbocycles. The maximum absolute atomic E-state index is 9.73. The van der Waals surface area contributed by atoms with Crippen LogP contribution in [-0.2, 0) is 12.0 Å². The second-order valence-corrected chi connectivity index (χ2v) is 7.81. The van der Waals surface area contributed by atoms with Gasteiger partial charge in [-0.2, -0.15) is 5.26 Å². The fourth-order valence-electron chi connectivity index (χ4n) is 3.83. The minimum atomic E-state index is -0.544. The summed E-state index contributed by atoms with van der Waals surface area (Å²) in [7, 11) is 2.02. The van der Waals surface area contributed by atoms with Crippen molar-refractivity contribution in [3.63, 3.8) is 0 Å². The number of benzene rings is 2. The van der Waals surface area contributed by atoms with Crippen molar-refractivity contribution < 1.29 is 0 Å². The molecule has 1 saturated carbocycles. The van der Waals surface area contributed by atoms with Gasteiger partial charge in [0.2, 0.25) is 0 Å². The molecule has 0 atom stereocenters. The highest BCUT2D eigenvalue weighted by Gasteiger charge is 2.48. The Kier molecular flexibility index (Phi) is 4.40. The van der Waals surface area contributed by atoms with E-state index in [9.17, 15) is 5.26 Å². The van der Waals surface area contributed by atoms with E-state index in [1.54, 1.807) is 6.20 Å². The number of nitriles is 1. The Hall–Kier alpha value is -3.78. The second-order valence-electron chi connectivity index (χ2n) is 7.81. The van der Waals surface area contributed by atoms with Crippen LogP contribution in [0.2, 0.25) is 0 Å². The lowest BCUT2D eigenvalue weighted by Crippen LogP contribution is -2.21. The Morgan fingerprint density at radius 2 is 1.77 bits per heavy atom. The second kappa shape index (κ2) is 7.23. The summed E-state index contributed by atoms with van der Waals surface area (Å²) in [6.45, 7) is 0.620. The zero-order valence-electron chi connectivity index (χ0n) is 16.8. The molecule has 0 unspecified atom stereocenters. The number of aromatic nitrogens is 3. The predicted molar refractivity (Wildman–Crippen MR) is 118 cm³/mol. The quantitative estimate of drug-likeness (QED) is 0.485. The van der Waals surface area contributed by atoms with Gasteiger partial charge in [-0.3, -0.25) is 4.98 Å². The average Bonchev–Trinajstić information content (AvgIpc) is 3.60. The van der Waals surface area contributed by atoms with Gasteiger partial charge in [-0.1, -0.05) is 48.5 Å². The summed E-state index contributed by atoms with van der Waals surface area (Å²) in [5.41, 5.74) is 3.49. The standard InChI is InChI=1S/C25H21N5/c1-30(16-19-10-5-6-15-27-19)23-22-20(18-8-3-2-4-9-18)11-7-12-21(22)28-24(29-23)25(17-26)13-14-25/h2-12,15H,13-14,16H2,1H3. The summed E-state index contributed by atoms with van der Waals surface area (Å²) in [6, 6.07) is 24.8. The molecule has 0 amide bonds. The van der Waals surface area contributed by atoms with Crippen LogP contribution in [0.15, 0.2) is 72.9 Å². The van der Waals surface area contributed by atoms with Crippen LogP contribution in [0.5, 0.6) is 0 Å². The molecule has 1 fully saturated rings. The van der Waals surface area contributed by atoms with Gasteiger partial charge in [0.15, 0.2) is 5.82 Å². The fraction of sp³-hybridized carbons (Fsp3) is 0.200. The van der Waals surface area contributed by atoms with Crippen molar-refractivity contribution >= 4 is 16.7 Å². The first kappa shape index (κ1) is 18.3. The molecular formula is C25H21N5. The highest BCUT2D eigenvalue weighted by atomic mass is 15.2. The van der Waals surface area contributed by atoms with Gasteiger partial charge in [-0.25, -0.2) is 9.97 Å². The molecular weight excluding hydrogens is 370 g/mol. The highest BCUT2D eigenvalue weighted by Crippen LogP contribution is 2.47. The monoisotopic (exact) mass is 391 g/mol. The van der Waals surface area contributed by atoms with Crippen molar-refractivity contribution in [1.82, 2.24) is 15.0 Å². The number of hydrogen-bond acceptors (Lipinski definition) is 5. The van der Waals surface area contributed by atoms with Gasteiger partial charge in [-0.15, -0.1) is 0 Å². The summed E-state index contributed by atoms with van der Waals surface area (Å²) >= 11 is 0. The van der Waals surface area contributed by atoms with Crippen molar-refractivity contribution in [2.45, 2.75) is 24.8 Å². The third kappa shape index (κ3) is 3.17. The topological polar surface area (TPSA) is 65.7 Å². The number of hydrogen-bond donors (Lipinski definition) is 0. The molecule has 30 heavy (non-hydrogen) atoms. The molecule has 0 aliphatic heterocycles.